The Kier molecular flexibility index (Phi) is 3.23. The van der Waals surface area contributed by atoms with Crippen LogP contribution in [0.1, 0.15) is 39.2 Å². The maximum Gasteiger partial charge on any atom is 0.343 e. The van der Waals surface area contributed by atoms with Crippen LogP contribution in [0.4, 0.5) is 0 Å². The van der Waals surface area contributed by atoms with Gasteiger partial charge >= 0.3 is 5.97 Å². The number of rotatable bonds is 2. The fourth-order valence-electron chi connectivity index (χ4n) is 7.35. The second-order valence-electron chi connectivity index (χ2n) is 9.43. The van der Waals surface area contributed by atoms with Gasteiger partial charge in [0.05, 0.1) is 25.9 Å². The topological polar surface area (TPSA) is 91.9 Å². The number of aliphatic hydroxyl groups is 1. The molecule has 0 radical (unpaired) electrons. The van der Waals surface area contributed by atoms with E-state index >= 15 is 0 Å². The third-order valence-corrected chi connectivity index (χ3v) is 8.23. The summed E-state index contributed by atoms with van der Waals surface area (Å²) in [5.74, 6) is 0.116. The lowest BCUT2D eigenvalue weighted by Gasteiger charge is -2.61. The number of fused-ring (bicyclic) bond motifs is 3. The lowest BCUT2D eigenvalue weighted by molar-refractivity contribution is -0.126. The summed E-state index contributed by atoms with van der Waals surface area (Å²) in [6.07, 6.45) is 1.77. The molecule has 1 aliphatic heterocycles. The van der Waals surface area contributed by atoms with Crippen LogP contribution in [-0.2, 0) is 28.4 Å². The standard InChI is InChI=1S/C23H24N2O5/c1-25-11-21-10-22(16-7-13(29-2)4-5-15(16)21)9-17-12(8-23(22,28)20(21)25)6-14(18(26)24-17)19(27)30-3/h4-7,20,28H,8-11H2,1-3H3,(H,24,26)/t20?,21?,22-,23?/m0/s1. The first-order valence-corrected chi connectivity index (χ1v) is 10.2. The van der Waals surface area contributed by atoms with Gasteiger partial charge in [0.25, 0.3) is 5.56 Å². The number of esters is 1. The van der Waals surface area contributed by atoms with Crippen molar-refractivity contribution >= 4 is 5.97 Å². The first kappa shape index (κ1) is 18.2. The summed E-state index contributed by atoms with van der Waals surface area (Å²) in [7, 11) is 4.98. The number of aromatic amines is 1. The smallest absolute Gasteiger partial charge is 0.343 e. The van der Waals surface area contributed by atoms with Gasteiger partial charge in [-0.1, -0.05) is 6.07 Å². The Morgan fingerprint density at radius 2 is 2.03 bits per heavy atom. The summed E-state index contributed by atoms with van der Waals surface area (Å²) >= 11 is 0. The van der Waals surface area contributed by atoms with Crippen molar-refractivity contribution in [1.29, 1.82) is 0 Å². The molecule has 30 heavy (non-hydrogen) atoms. The maximum absolute atomic E-state index is 12.6. The van der Waals surface area contributed by atoms with Gasteiger partial charge < -0.3 is 19.6 Å². The van der Waals surface area contributed by atoms with E-state index in [0.29, 0.717) is 12.8 Å². The molecule has 0 amide bonds. The van der Waals surface area contributed by atoms with E-state index < -0.39 is 22.5 Å². The average molecular weight is 408 g/mol. The number of carbonyl (C=O) groups is 1. The van der Waals surface area contributed by atoms with Crippen LogP contribution in [0.15, 0.2) is 29.1 Å². The Balaban J connectivity index is 1.58. The first-order chi connectivity index (χ1) is 14.3. The van der Waals surface area contributed by atoms with E-state index in [2.05, 4.69) is 29.1 Å². The fourth-order valence-corrected chi connectivity index (χ4v) is 7.35. The monoisotopic (exact) mass is 408 g/mol. The van der Waals surface area contributed by atoms with Crippen LogP contribution in [0.2, 0.25) is 0 Å². The Morgan fingerprint density at radius 1 is 1.23 bits per heavy atom. The lowest BCUT2D eigenvalue weighted by atomic mass is 9.55. The van der Waals surface area contributed by atoms with Crippen LogP contribution in [0.25, 0.3) is 0 Å². The molecule has 4 atom stereocenters. The van der Waals surface area contributed by atoms with Crippen molar-refractivity contribution in [1.82, 2.24) is 9.88 Å². The van der Waals surface area contributed by atoms with Gasteiger partial charge in [-0.2, -0.15) is 0 Å². The summed E-state index contributed by atoms with van der Waals surface area (Å²) < 4.78 is 10.3. The van der Waals surface area contributed by atoms with Crippen LogP contribution in [0, 0.1) is 0 Å². The largest absolute Gasteiger partial charge is 0.497 e. The van der Waals surface area contributed by atoms with Crippen molar-refractivity contribution in [3.8, 4) is 5.75 Å². The highest BCUT2D eigenvalue weighted by atomic mass is 16.5. The molecule has 1 saturated carbocycles. The number of likely N-dealkylation sites (N-methyl/N-ethyl adjacent to an activating group) is 1. The van der Waals surface area contributed by atoms with Crippen LogP contribution in [-0.4, -0.2) is 60.4 Å². The van der Waals surface area contributed by atoms with E-state index in [1.54, 1.807) is 13.2 Å². The number of benzene rings is 1. The van der Waals surface area contributed by atoms with Crippen LogP contribution < -0.4 is 10.3 Å². The van der Waals surface area contributed by atoms with Crippen LogP contribution in [0.5, 0.6) is 5.75 Å². The number of H-pyrrole nitrogens is 1. The van der Waals surface area contributed by atoms with Crippen molar-refractivity contribution in [2.45, 2.75) is 41.7 Å². The molecule has 1 aromatic carbocycles. The normalized spacial score (nSPS) is 35.0. The Labute approximate surface area is 173 Å². The predicted octanol–water partition coefficient (Wildman–Crippen LogP) is 0.907. The number of hydrogen-bond acceptors (Lipinski definition) is 6. The molecule has 156 valence electrons. The second kappa shape index (κ2) is 5.34. The van der Waals surface area contributed by atoms with Crippen LogP contribution >= 0.6 is 0 Å². The van der Waals surface area contributed by atoms with Gasteiger partial charge in [0.1, 0.15) is 11.3 Å². The molecule has 7 heteroatoms. The minimum absolute atomic E-state index is 0.00699. The number of pyridine rings is 1. The molecule has 2 N–H and O–H groups in total. The lowest BCUT2D eigenvalue weighted by Crippen LogP contribution is -2.74. The molecular weight excluding hydrogens is 384 g/mol. The Bertz CT molecular complexity index is 1190. The second-order valence-corrected chi connectivity index (χ2v) is 9.43. The van der Waals surface area contributed by atoms with E-state index in [0.717, 1.165) is 35.5 Å². The molecule has 2 fully saturated rings. The van der Waals surface area contributed by atoms with E-state index in [1.807, 2.05) is 6.07 Å². The van der Waals surface area contributed by atoms with Gasteiger partial charge in [0.15, 0.2) is 0 Å². The summed E-state index contributed by atoms with van der Waals surface area (Å²) in [5.41, 5.74) is 2.02. The Hall–Kier alpha value is -2.64. The highest BCUT2D eigenvalue weighted by Crippen LogP contribution is 2.72. The molecule has 6 rings (SSSR count). The molecule has 2 spiro atoms. The number of aromatic nitrogens is 1. The molecule has 4 aliphatic rings. The van der Waals surface area contributed by atoms with Crippen molar-refractivity contribution in [3.05, 3.63) is 62.6 Å². The van der Waals surface area contributed by atoms with Crippen molar-refractivity contribution in [2.75, 3.05) is 27.8 Å². The summed E-state index contributed by atoms with van der Waals surface area (Å²) in [6, 6.07) is 7.83. The number of ether oxygens (including phenoxy) is 2. The fraction of sp³-hybridized carbons (Fsp3) is 0.478. The van der Waals surface area contributed by atoms with E-state index in [-0.39, 0.29) is 17.0 Å². The van der Waals surface area contributed by atoms with Gasteiger partial charge in [0.2, 0.25) is 0 Å². The number of methoxy groups -OCH3 is 2. The van der Waals surface area contributed by atoms with Gasteiger partial charge in [-0.15, -0.1) is 0 Å². The minimum atomic E-state index is -0.988. The zero-order valence-corrected chi connectivity index (χ0v) is 17.2. The molecule has 3 aliphatic carbocycles. The predicted molar refractivity (Wildman–Crippen MR) is 108 cm³/mol. The summed E-state index contributed by atoms with van der Waals surface area (Å²) in [6.45, 7) is 0.904. The Morgan fingerprint density at radius 3 is 2.73 bits per heavy atom. The molecule has 2 heterocycles. The molecule has 7 nitrogen and oxygen atoms in total. The molecule has 1 aromatic heterocycles. The van der Waals surface area contributed by atoms with Crippen LogP contribution in [0.3, 0.4) is 0 Å². The minimum Gasteiger partial charge on any atom is -0.497 e. The number of nitrogens with one attached hydrogen (secondary N) is 1. The maximum atomic E-state index is 12.6. The van der Waals surface area contributed by atoms with Crippen molar-refractivity contribution in [2.24, 2.45) is 0 Å². The molecular formula is C23H24N2O5. The third kappa shape index (κ3) is 1.76. The number of carbonyl (C=O) groups excluding carboxylic acids is 1. The summed E-state index contributed by atoms with van der Waals surface area (Å²) in [5, 5.41) is 12.3. The van der Waals surface area contributed by atoms with Gasteiger partial charge in [-0.05, 0) is 48.4 Å². The highest BCUT2D eigenvalue weighted by molar-refractivity contribution is 5.89. The zero-order valence-electron chi connectivity index (χ0n) is 17.2. The number of nitrogens with zero attached hydrogens (tertiary/aromatic N) is 1. The molecule has 2 aromatic rings. The zero-order chi connectivity index (χ0) is 21.1. The highest BCUT2D eigenvalue weighted by Gasteiger charge is 2.80. The first-order valence-electron chi connectivity index (χ1n) is 10.2. The SMILES string of the molecule is COC(=O)c1cc2c([nH]c1=O)C[C@@]13CC4(CN(C)C4C1(O)C2)c1ccc(OC)cc13. The van der Waals surface area contributed by atoms with E-state index in [1.165, 1.54) is 12.7 Å². The third-order valence-electron chi connectivity index (χ3n) is 8.23. The molecule has 1 saturated heterocycles. The van der Waals surface area contributed by atoms with E-state index in [4.69, 9.17) is 9.47 Å². The van der Waals surface area contributed by atoms with E-state index in [9.17, 15) is 14.7 Å². The molecule has 3 unspecified atom stereocenters. The average Bonchev–Trinajstić information content (AvgIpc) is 3.09. The summed E-state index contributed by atoms with van der Waals surface area (Å²) in [4.78, 5) is 29.8. The van der Waals surface area contributed by atoms with Gasteiger partial charge in [0, 0.05) is 35.9 Å². The van der Waals surface area contributed by atoms with Crippen molar-refractivity contribution < 1.29 is 19.4 Å². The quantitative estimate of drug-likeness (QED) is 0.718. The number of hydrogen-bond donors (Lipinski definition) is 2. The van der Waals surface area contributed by atoms with Crippen molar-refractivity contribution in [3.63, 3.8) is 0 Å². The number of likely N-dealkylation sites (tertiary alicyclic amines) is 1. The molecule has 2 bridgehead atoms. The van der Waals surface area contributed by atoms with Gasteiger partial charge in [-0.25, -0.2) is 4.79 Å². The van der Waals surface area contributed by atoms with Gasteiger partial charge in [-0.3, -0.25) is 9.69 Å².